The number of hydrogen-bond donors (Lipinski definition) is 5. The van der Waals surface area contributed by atoms with Gasteiger partial charge in [-0.05, 0) is 61.3 Å². The number of aromatic amines is 1. The number of phenols is 1. The molecule has 1 heterocycles. The predicted octanol–water partition coefficient (Wildman–Crippen LogP) is 5.31. The van der Waals surface area contributed by atoms with Gasteiger partial charge in [-0.1, -0.05) is 84.0 Å². The summed E-state index contributed by atoms with van der Waals surface area (Å²) in [5, 5.41) is 18.8. The lowest BCUT2D eigenvalue weighted by Crippen LogP contribution is -2.47. The Hall–Kier alpha value is -4.64. The Balaban J connectivity index is 1.73. The van der Waals surface area contributed by atoms with Crippen LogP contribution in [0, 0.1) is 23.7 Å². The first kappa shape index (κ1) is 42.8. The molecule has 4 atom stereocenters. The van der Waals surface area contributed by atoms with E-state index in [9.17, 15) is 29.1 Å². The van der Waals surface area contributed by atoms with Gasteiger partial charge in [0.05, 0.1) is 30.9 Å². The van der Waals surface area contributed by atoms with Crippen molar-refractivity contribution in [3.63, 3.8) is 0 Å². The molecule has 0 radical (unpaired) electrons. The molecule has 11 nitrogen and oxygen atoms in total. The second kappa shape index (κ2) is 21.8. The highest BCUT2D eigenvalue weighted by Crippen LogP contribution is 2.22. The van der Waals surface area contributed by atoms with E-state index in [2.05, 4.69) is 25.9 Å². The third-order valence-electron chi connectivity index (χ3n) is 9.27. The van der Waals surface area contributed by atoms with Gasteiger partial charge in [0.15, 0.2) is 11.6 Å². The number of carbonyl (C=O) groups excluding carboxylic acids is 5. The Kier molecular flexibility index (Phi) is 17.6. The van der Waals surface area contributed by atoms with Gasteiger partial charge in [0.25, 0.3) is 0 Å². The van der Waals surface area contributed by atoms with E-state index in [-0.39, 0.29) is 85.0 Å². The third kappa shape index (κ3) is 15.5. The van der Waals surface area contributed by atoms with Gasteiger partial charge in [-0.3, -0.25) is 24.0 Å². The predicted molar refractivity (Wildman–Crippen MR) is 206 cm³/mol. The second-order valence-electron chi connectivity index (χ2n) is 15.2. The summed E-state index contributed by atoms with van der Waals surface area (Å²) in [6, 6.07) is 14.6. The highest BCUT2D eigenvalue weighted by molar-refractivity contribution is 5.93. The Labute approximate surface area is 314 Å². The summed E-state index contributed by atoms with van der Waals surface area (Å²) in [5.41, 5.74) is 2.43. The minimum Gasteiger partial charge on any atom is -0.508 e. The molecule has 53 heavy (non-hydrogen) atoms. The topological polar surface area (TPSA) is 170 Å². The fraction of sp³-hybridized carbons (Fsp3) is 0.524. The zero-order valence-corrected chi connectivity index (χ0v) is 32.2. The van der Waals surface area contributed by atoms with Gasteiger partial charge in [-0.25, -0.2) is 4.98 Å². The van der Waals surface area contributed by atoms with Gasteiger partial charge in [-0.2, -0.15) is 0 Å². The zero-order valence-electron chi connectivity index (χ0n) is 32.2. The molecular weight excluding hydrogens is 670 g/mol. The summed E-state index contributed by atoms with van der Waals surface area (Å²) < 4.78 is 0. The maximum Gasteiger partial charge on any atom is 0.224 e. The summed E-state index contributed by atoms with van der Waals surface area (Å²) in [6.07, 6.45) is 5.60. The number of Topliss-reactive ketones (excluding diaryl/α,β-unsaturated/α-hetero) is 3. The maximum absolute atomic E-state index is 13.9. The number of phenolic OH excluding ortho intramolecular Hbond substituents is 1. The van der Waals surface area contributed by atoms with Gasteiger partial charge in [-0.15, -0.1) is 0 Å². The van der Waals surface area contributed by atoms with Crippen LogP contribution in [0.5, 0.6) is 5.75 Å². The number of ketones is 3. The second-order valence-corrected chi connectivity index (χ2v) is 15.2. The standard InChI is InChI=1S/C42H59N5O6/c1-27(2)19-32(41(52)47-38(40(51)28(3)4)21-31-15-17-35(48)18-16-31)13-10-14-39(50)37(20-30-11-8-7-9-12-30)46-42(53)33(22-34-24-43-26-45-34)23-36(49)25-44-29(5)6/h7-9,11-12,15-18,24,26-29,32-33,37-38,44,48H,10,13-14,19-23,25H2,1-6H3,(H,43,45)(H,46,53)(H,47,52)/t32-,33+,37-,38-/m0/s1. The van der Waals surface area contributed by atoms with Crippen LogP contribution in [0.1, 0.15) is 90.5 Å². The number of carbonyl (C=O) groups is 5. The van der Waals surface area contributed by atoms with Gasteiger partial charge in [0, 0.05) is 49.0 Å². The van der Waals surface area contributed by atoms with E-state index in [0.29, 0.717) is 25.7 Å². The molecular formula is C42H59N5O6. The average Bonchev–Trinajstić information content (AvgIpc) is 3.63. The fourth-order valence-electron chi connectivity index (χ4n) is 6.37. The van der Waals surface area contributed by atoms with Crippen LogP contribution in [0.2, 0.25) is 0 Å². The Bertz CT molecular complexity index is 1590. The molecule has 0 saturated heterocycles. The molecule has 0 saturated carbocycles. The molecule has 0 aliphatic heterocycles. The van der Waals surface area contributed by atoms with Crippen LogP contribution in [-0.4, -0.2) is 68.9 Å². The lowest BCUT2D eigenvalue weighted by Gasteiger charge is -2.25. The Morgan fingerprint density at radius 3 is 2.00 bits per heavy atom. The van der Waals surface area contributed by atoms with Crippen LogP contribution in [0.3, 0.4) is 0 Å². The van der Waals surface area contributed by atoms with Gasteiger partial charge < -0.3 is 26.0 Å². The number of H-pyrrole nitrogens is 1. The lowest BCUT2D eigenvalue weighted by molar-refractivity contribution is -0.132. The average molecular weight is 730 g/mol. The molecule has 11 heteroatoms. The highest BCUT2D eigenvalue weighted by atomic mass is 16.3. The number of nitrogens with one attached hydrogen (secondary N) is 4. The van der Waals surface area contributed by atoms with Crippen molar-refractivity contribution in [2.45, 2.75) is 111 Å². The third-order valence-corrected chi connectivity index (χ3v) is 9.27. The lowest BCUT2D eigenvalue weighted by atomic mass is 9.88. The van der Waals surface area contributed by atoms with Gasteiger partial charge in [0.2, 0.25) is 11.8 Å². The van der Waals surface area contributed by atoms with Gasteiger partial charge >= 0.3 is 0 Å². The van der Waals surface area contributed by atoms with Crippen LogP contribution in [0.25, 0.3) is 0 Å². The number of imidazole rings is 1. The number of hydrogen-bond acceptors (Lipinski definition) is 8. The summed E-state index contributed by atoms with van der Waals surface area (Å²) >= 11 is 0. The molecule has 0 bridgehead atoms. The number of benzene rings is 2. The van der Waals surface area contributed by atoms with Crippen molar-refractivity contribution < 1.29 is 29.1 Å². The van der Waals surface area contributed by atoms with E-state index in [1.54, 1.807) is 30.5 Å². The minimum absolute atomic E-state index is 0.00979. The molecule has 0 spiro atoms. The number of aromatic nitrogens is 2. The first-order valence-corrected chi connectivity index (χ1v) is 18.9. The molecule has 2 amide bonds. The summed E-state index contributed by atoms with van der Waals surface area (Å²) in [4.78, 5) is 74.6. The molecule has 0 unspecified atom stereocenters. The molecule has 0 aliphatic rings. The Morgan fingerprint density at radius 2 is 1.40 bits per heavy atom. The van der Waals surface area contributed by atoms with Crippen LogP contribution in [-0.2, 0) is 43.2 Å². The molecule has 3 aromatic rings. The zero-order chi connectivity index (χ0) is 38.9. The van der Waals surface area contributed by atoms with E-state index in [1.165, 1.54) is 6.33 Å². The normalized spacial score (nSPS) is 13.8. The van der Waals surface area contributed by atoms with Crippen molar-refractivity contribution in [1.29, 1.82) is 0 Å². The molecule has 3 rings (SSSR count). The molecule has 288 valence electrons. The van der Waals surface area contributed by atoms with E-state index >= 15 is 0 Å². The van der Waals surface area contributed by atoms with E-state index < -0.39 is 23.9 Å². The smallest absolute Gasteiger partial charge is 0.224 e. The quantitative estimate of drug-likeness (QED) is 0.0826. The molecule has 5 N–H and O–H groups in total. The van der Waals surface area contributed by atoms with E-state index in [4.69, 9.17) is 0 Å². The number of rotatable bonds is 24. The first-order chi connectivity index (χ1) is 25.2. The van der Waals surface area contributed by atoms with Crippen LogP contribution in [0.15, 0.2) is 67.1 Å². The van der Waals surface area contributed by atoms with E-state index in [1.807, 2.05) is 71.9 Å². The SMILES string of the molecule is CC(C)C[C@H](CCCC(=O)[C@H](Cc1ccccc1)NC(=O)[C@@H](CC(=O)CNC(C)C)Cc1cnc[nH]1)C(=O)N[C@@H](Cc1ccc(O)cc1)C(=O)C(C)C. The van der Waals surface area contributed by atoms with Crippen molar-refractivity contribution in [2.75, 3.05) is 6.54 Å². The van der Waals surface area contributed by atoms with Crippen molar-refractivity contribution in [3.05, 3.63) is 83.9 Å². The number of nitrogens with zero attached hydrogens (tertiary/aromatic N) is 1. The summed E-state index contributed by atoms with van der Waals surface area (Å²) in [5.74, 6) is -2.01. The number of aromatic hydroxyl groups is 1. The van der Waals surface area contributed by atoms with Gasteiger partial charge in [0.1, 0.15) is 11.5 Å². The van der Waals surface area contributed by atoms with Crippen molar-refractivity contribution in [2.24, 2.45) is 23.7 Å². The molecule has 1 aromatic heterocycles. The maximum atomic E-state index is 13.9. The largest absolute Gasteiger partial charge is 0.508 e. The molecule has 0 aliphatic carbocycles. The van der Waals surface area contributed by atoms with Crippen LogP contribution in [0.4, 0.5) is 0 Å². The summed E-state index contributed by atoms with van der Waals surface area (Å²) in [7, 11) is 0. The summed E-state index contributed by atoms with van der Waals surface area (Å²) in [6.45, 7) is 11.7. The van der Waals surface area contributed by atoms with Crippen molar-refractivity contribution in [3.8, 4) is 5.75 Å². The van der Waals surface area contributed by atoms with E-state index in [0.717, 1.165) is 16.8 Å². The monoisotopic (exact) mass is 729 g/mol. The van der Waals surface area contributed by atoms with Crippen LogP contribution >= 0.6 is 0 Å². The number of amides is 2. The van der Waals surface area contributed by atoms with Crippen molar-refractivity contribution >= 4 is 29.2 Å². The molecule has 2 aromatic carbocycles. The Morgan fingerprint density at radius 1 is 0.774 bits per heavy atom. The molecule has 0 fully saturated rings. The minimum atomic E-state index is -0.825. The van der Waals surface area contributed by atoms with Crippen molar-refractivity contribution in [1.82, 2.24) is 25.9 Å². The van der Waals surface area contributed by atoms with Crippen LogP contribution < -0.4 is 16.0 Å². The highest BCUT2D eigenvalue weighted by Gasteiger charge is 2.30. The fourth-order valence-corrected chi connectivity index (χ4v) is 6.37. The first-order valence-electron chi connectivity index (χ1n) is 18.9.